The first-order chi connectivity index (χ1) is 15.7. The van der Waals surface area contributed by atoms with Crippen molar-refractivity contribution < 1.29 is 4.79 Å². The number of hydrogen-bond acceptors (Lipinski definition) is 3. The summed E-state index contributed by atoms with van der Waals surface area (Å²) in [6.07, 6.45) is 8.92. The van der Waals surface area contributed by atoms with Gasteiger partial charge in [0.2, 0.25) is 0 Å². The Bertz CT molecular complexity index is 915. The van der Waals surface area contributed by atoms with Gasteiger partial charge in [-0.15, -0.1) is 0 Å². The van der Waals surface area contributed by atoms with Crippen LogP contribution in [0.2, 0.25) is 0 Å². The maximum absolute atomic E-state index is 13.6. The lowest BCUT2D eigenvalue weighted by atomic mass is 10.0. The molecule has 168 valence electrons. The molecule has 1 aliphatic carbocycles. The molecule has 0 aromatic heterocycles. The highest BCUT2D eigenvalue weighted by Gasteiger charge is 2.29. The van der Waals surface area contributed by atoms with Crippen molar-refractivity contribution in [3.05, 3.63) is 65.7 Å². The number of anilines is 1. The Morgan fingerprint density at radius 1 is 1.00 bits per heavy atom. The lowest BCUT2D eigenvalue weighted by molar-refractivity contribution is 0.181. The number of likely N-dealkylation sites (tertiary alicyclic amines) is 1. The van der Waals surface area contributed by atoms with Gasteiger partial charge in [-0.1, -0.05) is 62.1 Å². The molecule has 4 rings (SSSR count). The molecule has 0 bridgehead atoms. The third-order valence-electron chi connectivity index (χ3n) is 6.74. The molecule has 2 aromatic rings. The zero-order chi connectivity index (χ0) is 22.2. The first-order valence-corrected chi connectivity index (χ1v) is 12.1. The first-order valence-electron chi connectivity index (χ1n) is 12.1. The number of rotatable bonds is 5. The molecule has 2 aliphatic rings. The van der Waals surface area contributed by atoms with Gasteiger partial charge >= 0.3 is 6.03 Å². The molecular weight excluding hydrogens is 396 g/mol. The smallest absolute Gasteiger partial charge is 0.322 e. The maximum Gasteiger partial charge on any atom is 0.322 e. The SMILES string of the molecule is N#Cc1cccc(N(C(=O)NC2CCCN(Cc3ccccc3)C2)C2CCCCCC2)c1. The minimum absolute atomic E-state index is 0.0152. The molecule has 1 unspecified atom stereocenters. The second-order valence-electron chi connectivity index (χ2n) is 9.19. The van der Waals surface area contributed by atoms with Crippen LogP contribution >= 0.6 is 0 Å². The van der Waals surface area contributed by atoms with E-state index in [-0.39, 0.29) is 18.1 Å². The highest BCUT2D eigenvalue weighted by atomic mass is 16.2. The largest absolute Gasteiger partial charge is 0.334 e. The Morgan fingerprint density at radius 3 is 2.53 bits per heavy atom. The number of nitrogens with zero attached hydrogens (tertiary/aromatic N) is 3. The fourth-order valence-corrected chi connectivity index (χ4v) is 5.14. The standard InChI is InChI=1S/C27H34N4O/c28-19-23-12-8-16-26(18-23)31(25-14-6-1-2-7-15-25)27(32)29-24-13-9-17-30(21-24)20-22-10-4-3-5-11-22/h3-5,8,10-12,16,18,24-25H,1-2,6-7,9,13-15,17,20-21H2,(H,29,32). The third-order valence-corrected chi connectivity index (χ3v) is 6.74. The van der Waals surface area contributed by atoms with E-state index >= 15 is 0 Å². The van der Waals surface area contributed by atoms with Crippen molar-refractivity contribution in [3.63, 3.8) is 0 Å². The number of nitriles is 1. The summed E-state index contributed by atoms with van der Waals surface area (Å²) in [5.74, 6) is 0. The van der Waals surface area contributed by atoms with E-state index in [1.165, 1.54) is 18.4 Å². The molecule has 1 saturated carbocycles. The lowest BCUT2D eigenvalue weighted by Crippen LogP contribution is -2.53. The molecule has 2 fully saturated rings. The van der Waals surface area contributed by atoms with Crippen molar-refractivity contribution >= 4 is 11.7 Å². The summed E-state index contributed by atoms with van der Waals surface area (Å²) in [5, 5.41) is 12.7. The van der Waals surface area contributed by atoms with Gasteiger partial charge < -0.3 is 5.32 Å². The van der Waals surface area contributed by atoms with Gasteiger partial charge in [0.15, 0.2) is 0 Å². The predicted molar refractivity (Wildman–Crippen MR) is 128 cm³/mol. The lowest BCUT2D eigenvalue weighted by Gasteiger charge is -2.36. The topological polar surface area (TPSA) is 59.4 Å². The zero-order valence-electron chi connectivity index (χ0n) is 18.9. The highest BCUT2D eigenvalue weighted by Crippen LogP contribution is 2.28. The third kappa shape index (κ3) is 5.89. The molecule has 1 N–H and O–H groups in total. The highest BCUT2D eigenvalue weighted by molar-refractivity contribution is 5.93. The van der Waals surface area contributed by atoms with Gasteiger partial charge in [0.05, 0.1) is 11.6 Å². The Hall–Kier alpha value is -2.84. The number of amides is 2. The summed E-state index contributed by atoms with van der Waals surface area (Å²) in [4.78, 5) is 18.0. The van der Waals surface area contributed by atoms with Crippen molar-refractivity contribution in [2.45, 2.75) is 70.0 Å². The molecular formula is C27H34N4O. The van der Waals surface area contributed by atoms with Gasteiger partial charge in [-0.25, -0.2) is 4.79 Å². The second-order valence-corrected chi connectivity index (χ2v) is 9.19. The van der Waals surface area contributed by atoms with Crippen LogP contribution in [0.5, 0.6) is 0 Å². The minimum Gasteiger partial charge on any atom is -0.334 e. The minimum atomic E-state index is -0.0152. The summed E-state index contributed by atoms with van der Waals surface area (Å²) >= 11 is 0. The van der Waals surface area contributed by atoms with Crippen LogP contribution in [0.25, 0.3) is 0 Å². The van der Waals surface area contributed by atoms with Crippen LogP contribution in [0.3, 0.4) is 0 Å². The normalized spacial score (nSPS) is 20.2. The fourth-order valence-electron chi connectivity index (χ4n) is 5.14. The van der Waals surface area contributed by atoms with Crippen LogP contribution in [-0.4, -0.2) is 36.1 Å². The Labute approximate surface area is 192 Å². The van der Waals surface area contributed by atoms with Gasteiger partial charge in [0.1, 0.15) is 0 Å². The second kappa shape index (κ2) is 11.2. The van der Waals surface area contributed by atoms with Crippen molar-refractivity contribution in [2.75, 3.05) is 18.0 Å². The van der Waals surface area contributed by atoms with Crippen molar-refractivity contribution in [1.29, 1.82) is 5.26 Å². The number of carbonyl (C=O) groups is 1. The van der Waals surface area contributed by atoms with Gasteiger partial charge in [0.25, 0.3) is 0 Å². The van der Waals surface area contributed by atoms with E-state index in [1.807, 2.05) is 29.2 Å². The number of hydrogen-bond donors (Lipinski definition) is 1. The summed E-state index contributed by atoms with van der Waals surface area (Å²) < 4.78 is 0. The predicted octanol–water partition coefficient (Wildman–Crippen LogP) is 5.46. The van der Waals surface area contributed by atoms with Crippen LogP contribution in [-0.2, 0) is 6.54 Å². The first kappa shape index (κ1) is 22.4. The Balaban J connectivity index is 1.47. The quantitative estimate of drug-likeness (QED) is 0.641. The monoisotopic (exact) mass is 430 g/mol. The van der Waals surface area contributed by atoms with Crippen LogP contribution in [0.4, 0.5) is 10.5 Å². The molecule has 0 spiro atoms. The molecule has 1 saturated heterocycles. The Kier molecular flexibility index (Phi) is 7.79. The molecule has 5 heteroatoms. The number of carbonyl (C=O) groups excluding carboxylic acids is 1. The molecule has 1 heterocycles. The molecule has 0 radical (unpaired) electrons. The van der Waals surface area contributed by atoms with Crippen LogP contribution in [0.15, 0.2) is 54.6 Å². The van der Waals surface area contributed by atoms with Crippen molar-refractivity contribution in [1.82, 2.24) is 10.2 Å². The van der Waals surface area contributed by atoms with Crippen LogP contribution < -0.4 is 10.2 Å². The van der Waals surface area contributed by atoms with Gasteiger partial charge in [-0.05, 0) is 56.0 Å². The summed E-state index contributed by atoms with van der Waals surface area (Å²) in [7, 11) is 0. The van der Waals surface area contributed by atoms with E-state index in [0.29, 0.717) is 5.56 Å². The fraction of sp³-hybridized carbons (Fsp3) is 0.481. The summed E-state index contributed by atoms with van der Waals surface area (Å²) in [6.45, 7) is 2.86. The van der Waals surface area contributed by atoms with Crippen molar-refractivity contribution in [2.24, 2.45) is 0 Å². The van der Waals surface area contributed by atoms with Gasteiger partial charge in [0, 0.05) is 30.9 Å². The molecule has 1 atom stereocenters. The molecule has 1 aliphatic heterocycles. The Morgan fingerprint density at radius 2 is 1.78 bits per heavy atom. The van der Waals surface area contributed by atoms with E-state index in [9.17, 15) is 10.1 Å². The molecule has 2 amide bonds. The maximum atomic E-state index is 13.6. The van der Waals surface area contributed by atoms with E-state index in [1.54, 1.807) is 6.07 Å². The molecule has 32 heavy (non-hydrogen) atoms. The van der Waals surface area contributed by atoms with E-state index < -0.39 is 0 Å². The summed E-state index contributed by atoms with van der Waals surface area (Å²) in [5.41, 5.74) is 2.75. The van der Waals surface area contributed by atoms with Crippen molar-refractivity contribution in [3.8, 4) is 6.07 Å². The van der Waals surface area contributed by atoms with Gasteiger partial charge in [-0.2, -0.15) is 5.26 Å². The number of benzene rings is 2. The van der Waals surface area contributed by atoms with Crippen LogP contribution in [0, 0.1) is 11.3 Å². The average molecular weight is 431 g/mol. The van der Waals surface area contributed by atoms with E-state index in [4.69, 9.17) is 0 Å². The zero-order valence-corrected chi connectivity index (χ0v) is 18.9. The summed E-state index contributed by atoms with van der Waals surface area (Å²) in [6, 6.07) is 20.6. The van der Waals surface area contributed by atoms with Gasteiger partial charge in [-0.3, -0.25) is 9.80 Å². The number of nitrogens with one attached hydrogen (secondary N) is 1. The molecule has 5 nitrogen and oxygen atoms in total. The van der Waals surface area contributed by atoms with E-state index in [0.717, 1.165) is 63.8 Å². The number of urea groups is 1. The average Bonchev–Trinajstić information content (AvgIpc) is 3.10. The van der Waals surface area contributed by atoms with Crippen LogP contribution in [0.1, 0.15) is 62.5 Å². The number of piperidine rings is 1. The van der Waals surface area contributed by atoms with E-state index in [2.05, 4.69) is 40.6 Å². The molecule has 2 aromatic carbocycles.